The van der Waals surface area contributed by atoms with Crippen LogP contribution in [0.25, 0.3) is 0 Å². The zero-order valence-corrected chi connectivity index (χ0v) is 16.1. The van der Waals surface area contributed by atoms with Gasteiger partial charge in [0, 0.05) is 30.8 Å². The summed E-state index contributed by atoms with van der Waals surface area (Å²) in [6, 6.07) is 13.3. The van der Waals surface area contributed by atoms with Crippen LogP contribution >= 0.6 is 0 Å². The summed E-state index contributed by atoms with van der Waals surface area (Å²) in [6.45, 7) is 3.58. The lowest BCUT2D eigenvalue weighted by Gasteiger charge is -2.33. The number of carbonyl (C=O) groups excluding carboxylic acids is 1. The lowest BCUT2D eigenvalue weighted by Crippen LogP contribution is -2.42. The fourth-order valence-corrected chi connectivity index (χ4v) is 3.37. The molecule has 1 fully saturated rings. The van der Waals surface area contributed by atoms with Crippen LogP contribution in [0.15, 0.2) is 42.5 Å². The Morgan fingerprint density at radius 1 is 1.28 bits per heavy atom. The monoisotopic (exact) mass is 394 g/mol. The minimum Gasteiger partial charge on any atom is -0.494 e. The highest BCUT2D eigenvalue weighted by Gasteiger charge is 2.25. The Kier molecular flexibility index (Phi) is 6.29. The average Bonchev–Trinajstić information content (AvgIpc) is 2.74. The fraction of sp³-hybridized carbons (Fsp3) is 0.333. The summed E-state index contributed by atoms with van der Waals surface area (Å²) in [5.41, 5.74) is 1.25. The number of nitro groups is 1. The molecule has 8 heteroatoms. The maximum atomic E-state index is 12.7. The number of nitriles is 1. The number of nitrogens with zero attached hydrogens (tertiary/aromatic N) is 3. The Balaban J connectivity index is 1.61. The first-order chi connectivity index (χ1) is 14.0. The van der Waals surface area contributed by atoms with E-state index in [1.807, 2.05) is 13.0 Å². The summed E-state index contributed by atoms with van der Waals surface area (Å²) in [5.74, 6) is 0.692. The number of hydrogen-bond acceptors (Lipinski definition) is 6. The van der Waals surface area contributed by atoms with Crippen LogP contribution in [0, 0.1) is 21.4 Å². The van der Waals surface area contributed by atoms with E-state index in [1.54, 1.807) is 29.2 Å². The van der Waals surface area contributed by atoms with Crippen LogP contribution in [0.4, 0.5) is 11.4 Å². The first kappa shape index (κ1) is 20.1. The number of piperidine rings is 1. The number of benzene rings is 2. The van der Waals surface area contributed by atoms with E-state index in [4.69, 9.17) is 10.00 Å². The summed E-state index contributed by atoms with van der Waals surface area (Å²) in [6.07, 6.45) is 1.33. The smallest absolute Gasteiger partial charge is 0.292 e. The molecule has 0 radical (unpaired) electrons. The SMILES string of the molecule is CCOc1ccc(C(=O)N2CCC(Nc3cc(C#N)ccc3[N+](=O)[O-])CC2)cc1. The van der Waals surface area contributed by atoms with Crippen LogP contribution in [-0.4, -0.2) is 41.5 Å². The topological polar surface area (TPSA) is 108 Å². The predicted octanol–water partition coefficient (Wildman–Crippen LogP) is 3.58. The van der Waals surface area contributed by atoms with Crippen molar-refractivity contribution in [1.29, 1.82) is 5.26 Å². The zero-order valence-electron chi connectivity index (χ0n) is 16.1. The normalized spacial score (nSPS) is 14.1. The van der Waals surface area contributed by atoms with Crippen molar-refractivity contribution in [3.63, 3.8) is 0 Å². The molecule has 1 aliphatic rings. The number of rotatable bonds is 6. The maximum absolute atomic E-state index is 12.7. The number of hydrogen-bond donors (Lipinski definition) is 1. The Bertz CT molecular complexity index is 929. The van der Waals surface area contributed by atoms with Gasteiger partial charge in [0.1, 0.15) is 11.4 Å². The molecule has 1 heterocycles. The number of anilines is 1. The summed E-state index contributed by atoms with van der Waals surface area (Å²) in [5, 5.41) is 23.5. The highest BCUT2D eigenvalue weighted by molar-refractivity contribution is 5.94. The van der Waals surface area contributed by atoms with Crippen molar-refractivity contribution >= 4 is 17.3 Å². The lowest BCUT2D eigenvalue weighted by molar-refractivity contribution is -0.384. The van der Waals surface area contributed by atoms with Gasteiger partial charge in [-0.1, -0.05) is 0 Å². The van der Waals surface area contributed by atoms with E-state index in [-0.39, 0.29) is 17.6 Å². The van der Waals surface area contributed by atoms with E-state index >= 15 is 0 Å². The second kappa shape index (κ2) is 9.06. The molecule has 0 atom stereocenters. The van der Waals surface area contributed by atoms with Crippen molar-refractivity contribution in [3.8, 4) is 11.8 Å². The van der Waals surface area contributed by atoms with Gasteiger partial charge >= 0.3 is 0 Å². The summed E-state index contributed by atoms with van der Waals surface area (Å²) in [4.78, 5) is 25.3. The molecule has 29 heavy (non-hydrogen) atoms. The van der Waals surface area contributed by atoms with Crippen LogP contribution in [0.3, 0.4) is 0 Å². The third kappa shape index (κ3) is 4.82. The highest BCUT2D eigenvalue weighted by Crippen LogP contribution is 2.28. The van der Waals surface area contributed by atoms with Gasteiger partial charge in [0.25, 0.3) is 11.6 Å². The Morgan fingerprint density at radius 3 is 2.55 bits per heavy atom. The van der Waals surface area contributed by atoms with Gasteiger partial charge < -0.3 is 15.0 Å². The number of nitrogens with one attached hydrogen (secondary N) is 1. The van der Waals surface area contributed by atoms with Crippen molar-refractivity contribution in [2.45, 2.75) is 25.8 Å². The first-order valence-electron chi connectivity index (χ1n) is 9.49. The second-order valence-electron chi connectivity index (χ2n) is 6.77. The van der Waals surface area contributed by atoms with Gasteiger partial charge in [-0.05, 0) is 56.2 Å². The molecular formula is C21H22N4O4. The van der Waals surface area contributed by atoms with E-state index in [9.17, 15) is 14.9 Å². The summed E-state index contributed by atoms with van der Waals surface area (Å²) < 4.78 is 5.40. The quantitative estimate of drug-likeness (QED) is 0.592. The van der Waals surface area contributed by atoms with Crippen molar-refractivity contribution in [3.05, 3.63) is 63.7 Å². The van der Waals surface area contributed by atoms with E-state index < -0.39 is 4.92 Å². The molecule has 0 bridgehead atoms. The molecule has 0 spiro atoms. The third-order valence-electron chi connectivity index (χ3n) is 4.88. The molecule has 0 unspecified atom stereocenters. The van der Waals surface area contributed by atoms with Gasteiger partial charge in [-0.15, -0.1) is 0 Å². The van der Waals surface area contributed by atoms with E-state index in [1.165, 1.54) is 18.2 Å². The predicted molar refractivity (Wildman–Crippen MR) is 108 cm³/mol. The first-order valence-corrected chi connectivity index (χ1v) is 9.49. The van der Waals surface area contributed by atoms with Gasteiger partial charge in [0.05, 0.1) is 23.2 Å². The van der Waals surface area contributed by atoms with Gasteiger partial charge in [0.2, 0.25) is 0 Å². The molecule has 0 aromatic heterocycles. The van der Waals surface area contributed by atoms with Crippen molar-refractivity contribution < 1.29 is 14.5 Å². The van der Waals surface area contributed by atoms with Crippen LogP contribution in [0.1, 0.15) is 35.7 Å². The number of carbonyl (C=O) groups is 1. The number of nitro benzene ring substituents is 1. The number of likely N-dealkylation sites (tertiary alicyclic amines) is 1. The van der Waals surface area contributed by atoms with Crippen LogP contribution in [0.5, 0.6) is 5.75 Å². The van der Waals surface area contributed by atoms with Crippen molar-refractivity contribution in [2.75, 3.05) is 25.0 Å². The molecule has 1 N–H and O–H groups in total. The molecular weight excluding hydrogens is 372 g/mol. The van der Waals surface area contributed by atoms with E-state index in [2.05, 4.69) is 5.32 Å². The van der Waals surface area contributed by atoms with Crippen molar-refractivity contribution in [1.82, 2.24) is 4.90 Å². The molecule has 0 aliphatic carbocycles. The molecule has 1 amide bonds. The van der Waals surface area contributed by atoms with Gasteiger partial charge in [-0.2, -0.15) is 5.26 Å². The molecule has 2 aromatic carbocycles. The van der Waals surface area contributed by atoms with Gasteiger partial charge in [-0.3, -0.25) is 14.9 Å². The summed E-state index contributed by atoms with van der Waals surface area (Å²) in [7, 11) is 0. The second-order valence-corrected chi connectivity index (χ2v) is 6.77. The Labute approximate surface area is 168 Å². The third-order valence-corrected chi connectivity index (χ3v) is 4.88. The lowest BCUT2D eigenvalue weighted by atomic mass is 10.0. The van der Waals surface area contributed by atoms with E-state index in [0.717, 1.165) is 5.75 Å². The van der Waals surface area contributed by atoms with Crippen molar-refractivity contribution in [2.24, 2.45) is 0 Å². The Hall–Kier alpha value is -3.60. The minimum atomic E-state index is -0.464. The fourth-order valence-electron chi connectivity index (χ4n) is 3.37. The molecule has 1 saturated heterocycles. The van der Waals surface area contributed by atoms with E-state index in [0.29, 0.717) is 49.4 Å². The van der Waals surface area contributed by atoms with Gasteiger partial charge in [0.15, 0.2) is 0 Å². The number of amides is 1. The Morgan fingerprint density at radius 2 is 1.97 bits per heavy atom. The molecule has 2 aromatic rings. The largest absolute Gasteiger partial charge is 0.494 e. The average molecular weight is 394 g/mol. The molecule has 8 nitrogen and oxygen atoms in total. The zero-order chi connectivity index (χ0) is 20.8. The molecule has 1 aliphatic heterocycles. The van der Waals surface area contributed by atoms with Crippen LogP contribution in [0.2, 0.25) is 0 Å². The molecule has 0 saturated carbocycles. The minimum absolute atomic E-state index is 0.00739. The van der Waals surface area contributed by atoms with Gasteiger partial charge in [-0.25, -0.2) is 0 Å². The molecule has 150 valence electrons. The van der Waals surface area contributed by atoms with Crippen LogP contribution in [-0.2, 0) is 0 Å². The number of ether oxygens (including phenoxy) is 1. The summed E-state index contributed by atoms with van der Waals surface area (Å²) >= 11 is 0. The highest BCUT2D eigenvalue weighted by atomic mass is 16.6. The maximum Gasteiger partial charge on any atom is 0.292 e. The molecule has 3 rings (SSSR count). The standard InChI is InChI=1S/C21H22N4O4/c1-2-29-18-6-4-16(5-7-18)21(26)24-11-9-17(10-12-24)23-19-13-15(14-22)3-8-20(19)25(27)28/h3-8,13,17,23H,2,9-12H2,1H3. The van der Waals surface area contributed by atoms with Crippen LogP contribution < -0.4 is 10.1 Å².